The fourth-order valence-electron chi connectivity index (χ4n) is 2.69. The molecule has 1 aliphatic rings. The van der Waals surface area contributed by atoms with Crippen molar-refractivity contribution in [1.29, 1.82) is 0 Å². The molecular weight excluding hydrogens is 332 g/mol. The molecule has 6 nitrogen and oxygen atoms in total. The molecule has 0 saturated carbocycles. The number of esters is 1. The lowest BCUT2D eigenvalue weighted by molar-refractivity contribution is -0.149. The van der Waals surface area contributed by atoms with Gasteiger partial charge in [-0.05, 0) is 11.5 Å². The first-order valence-electron chi connectivity index (χ1n) is 7.96. The van der Waals surface area contributed by atoms with Crippen molar-refractivity contribution in [3.05, 3.63) is 35.9 Å². The Labute approximate surface area is 143 Å². The van der Waals surface area contributed by atoms with Crippen molar-refractivity contribution in [2.24, 2.45) is 11.8 Å². The zero-order valence-corrected chi connectivity index (χ0v) is 15.0. The molecule has 0 radical (unpaired) electrons. The lowest BCUT2D eigenvalue weighted by Crippen LogP contribution is -2.35. The molecule has 1 aromatic rings. The highest BCUT2D eigenvalue weighted by Crippen LogP contribution is 2.30. The smallest absolute Gasteiger partial charge is 0.309 e. The maximum Gasteiger partial charge on any atom is 0.309 e. The van der Waals surface area contributed by atoms with Crippen molar-refractivity contribution in [3.8, 4) is 0 Å². The Morgan fingerprint density at radius 2 is 1.92 bits per heavy atom. The first-order chi connectivity index (χ1) is 11.3. The minimum absolute atomic E-state index is 0.0325. The Bertz CT molecular complexity index is 640. The van der Waals surface area contributed by atoms with Crippen LogP contribution in [0.5, 0.6) is 0 Å². The van der Waals surface area contributed by atoms with E-state index < -0.39 is 22.3 Å². The Balaban J connectivity index is 1.98. The van der Waals surface area contributed by atoms with Gasteiger partial charge in [0.05, 0.1) is 25.4 Å². The Kier molecular flexibility index (Phi) is 6.37. The SMILES string of the molecule is CC(C)[C@@H]1C[C@@H]([C@@H](COCc2ccccc2)OS(C)(=O)=O)OC1=O. The van der Waals surface area contributed by atoms with E-state index in [1.165, 1.54) is 0 Å². The molecule has 1 aliphatic heterocycles. The molecule has 1 heterocycles. The van der Waals surface area contributed by atoms with E-state index in [1.807, 2.05) is 44.2 Å². The van der Waals surface area contributed by atoms with Crippen LogP contribution in [0.25, 0.3) is 0 Å². The summed E-state index contributed by atoms with van der Waals surface area (Å²) in [5, 5.41) is 0. The van der Waals surface area contributed by atoms with Crippen LogP contribution in [0.1, 0.15) is 25.8 Å². The molecule has 0 aliphatic carbocycles. The molecule has 0 bridgehead atoms. The minimum atomic E-state index is -3.68. The second-order valence-corrected chi connectivity index (χ2v) is 8.00. The van der Waals surface area contributed by atoms with Gasteiger partial charge in [0.2, 0.25) is 0 Å². The number of benzene rings is 1. The molecule has 0 unspecified atom stereocenters. The van der Waals surface area contributed by atoms with E-state index in [0.717, 1.165) is 11.8 Å². The molecule has 3 atom stereocenters. The van der Waals surface area contributed by atoms with Crippen LogP contribution in [-0.4, -0.2) is 39.5 Å². The summed E-state index contributed by atoms with van der Waals surface area (Å²) in [6.07, 6.45) is -0.0361. The molecule has 1 fully saturated rings. The van der Waals surface area contributed by atoms with Crippen LogP contribution in [0.3, 0.4) is 0 Å². The summed E-state index contributed by atoms with van der Waals surface area (Å²) in [6, 6.07) is 9.53. The van der Waals surface area contributed by atoms with Crippen molar-refractivity contribution in [1.82, 2.24) is 0 Å². The van der Waals surface area contributed by atoms with E-state index in [4.69, 9.17) is 13.7 Å². The third-order valence-corrected chi connectivity index (χ3v) is 4.56. The minimum Gasteiger partial charge on any atom is -0.459 e. The van der Waals surface area contributed by atoms with Crippen molar-refractivity contribution in [3.63, 3.8) is 0 Å². The van der Waals surface area contributed by atoms with Gasteiger partial charge in [-0.15, -0.1) is 0 Å². The van der Waals surface area contributed by atoms with Crippen LogP contribution >= 0.6 is 0 Å². The third-order valence-electron chi connectivity index (χ3n) is 3.97. The maximum absolute atomic E-state index is 11.9. The summed E-state index contributed by atoms with van der Waals surface area (Å²) in [7, 11) is -3.68. The molecular formula is C17H24O6S. The summed E-state index contributed by atoms with van der Waals surface area (Å²) in [5.41, 5.74) is 0.971. The van der Waals surface area contributed by atoms with E-state index in [9.17, 15) is 13.2 Å². The van der Waals surface area contributed by atoms with Gasteiger partial charge in [0.1, 0.15) is 12.2 Å². The fraction of sp³-hybridized carbons (Fsp3) is 0.588. The predicted octanol–water partition coefficient (Wildman–Crippen LogP) is 2.14. The number of cyclic esters (lactones) is 1. The zero-order chi connectivity index (χ0) is 17.7. The normalized spacial score (nSPS) is 22.6. The number of carbonyl (C=O) groups is 1. The highest BCUT2D eigenvalue weighted by molar-refractivity contribution is 7.86. The summed E-state index contributed by atoms with van der Waals surface area (Å²) in [4.78, 5) is 11.9. The fourth-order valence-corrected chi connectivity index (χ4v) is 3.32. The standard InChI is InChI=1S/C17H24O6S/c1-12(2)14-9-15(22-17(14)18)16(23-24(3,19)20)11-21-10-13-7-5-4-6-8-13/h4-8,12,14-16H,9-11H2,1-3H3/t14-,15-,16+/m0/s1. The predicted molar refractivity (Wildman–Crippen MR) is 88.6 cm³/mol. The molecule has 2 rings (SSSR count). The van der Waals surface area contributed by atoms with Crippen molar-refractivity contribution < 1.29 is 26.9 Å². The highest BCUT2D eigenvalue weighted by Gasteiger charge is 2.42. The molecule has 134 valence electrons. The van der Waals surface area contributed by atoms with Crippen LogP contribution < -0.4 is 0 Å². The number of hydrogen-bond acceptors (Lipinski definition) is 6. The Morgan fingerprint density at radius 1 is 1.25 bits per heavy atom. The first kappa shape index (κ1) is 18.9. The van der Waals surface area contributed by atoms with Gasteiger partial charge in [-0.3, -0.25) is 8.98 Å². The van der Waals surface area contributed by atoms with Gasteiger partial charge in [-0.25, -0.2) is 0 Å². The van der Waals surface area contributed by atoms with Crippen LogP contribution in [0.15, 0.2) is 30.3 Å². The monoisotopic (exact) mass is 356 g/mol. The van der Waals surface area contributed by atoms with E-state index in [-0.39, 0.29) is 24.4 Å². The molecule has 7 heteroatoms. The largest absolute Gasteiger partial charge is 0.459 e. The van der Waals surface area contributed by atoms with E-state index in [1.54, 1.807) is 0 Å². The lowest BCUT2D eigenvalue weighted by atomic mass is 9.91. The summed E-state index contributed by atoms with van der Waals surface area (Å²) < 4.78 is 39.1. The highest BCUT2D eigenvalue weighted by atomic mass is 32.2. The van der Waals surface area contributed by atoms with E-state index in [0.29, 0.717) is 13.0 Å². The average molecular weight is 356 g/mol. The summed E-state index contributed by atoms with van der Waals surface area (Å²) >= 11 is 0. The van der Waals surface area contributed by atoms with Gasteiger partial charge in [-0.2, -0.15) is 8.42 Å². The Hall–Kier alpha value is -1.44. The number of rotatable bonds is 8. The average Bonchev–Trinajstić information content (AvgIpc) is 2.88. The molecule has 1 aromatic carbocycles. The molecule has 1 saturated heterocycles. The summed E-state index contributed by atoms with van der Waals surface area (Å²) in [6.45, 7) is 4.24. The Morgan fingerprint density at radius 3 is 2.46 bits per heavy atom. The van der Waals surface area contributed by atoms with Crippen molar-refractivity contribution in [2.45, 2.75) is 39.1 Å². The second kappa shape index (κ2) is 8.09. The summed E-state index contributed by atoms with van der Waals surface area (Å²) in [5.74, 6) is -0.415. The first-order valence-corrected chi connectivity index (χ1v) is 9.78. The maximum atomic E-state index is 11.9. The van der Waals surface area contributed by atoms with Crippen LogP contribution in [0.4, 0.5) is 0 Å². The molecule has 0 aromatic heterocycles. The number of carbonyl (C=O) groups excluding carboxylic acids is 1. The van der Waals surface area contributed by atoms with E-state index >= 15 is 0 Å². The topological polar surface area (TPSA) is 78.9 Å². The van der Waals surface area contributed by atoms with Crippen LogP contribution in [-0.2, 0) is 35.2 Å². The quantitative estimate of drug-likeness (QED) is 0.524. The molecule has 24 heavy (non-hydrogen) atoms. The van der Waals surface area contributed by atoms with Gasteiger partial charge < -0.3 is 9.47 Å². The number of hydrogen-bond donors (Lipinski definition) is 0. The number of ether oxygens (including phenoxy) is 2. The zero-order valence-electron chi connectivity index (χ0n) is 14.2. The third kappa shape index (κ3) is 5.58. The van der Waals surface area contributed by atoms with Gasteiger partial charge in [0.15, 0.2) is 0 Å². The van der Waals surface area contributed by atoms with Crippen molar-refractivity contribution in [2.75, 3.05) is 12.9 Å². The van der Waals surface area contributed by atoms with Crippen molar-refractivity contribution >= 4 is 16.1 Å². The lowest BCUT2D eigenvalue weighted by Gasteiger charge is -2.21. The van der Waals surface area contributed by atoms with Gasteiger partial charge >= 0.3 is 5.97 Å². The molecule has 0 amide bonds. The van der Waals surface area contributed by atoms with E-state index in [2.05, 4.69) is 0 Å². The van der Waals surface area contributed by atoms with Gasteiger partial charge in [0.25, 0.3) is 10.1 Å². The van der Waals surface area contributed by atoms with Crippen LogP contribution in [0, 0.1) is 11.8 Å². The molecule has 0 spiro atoms. The second-order valence-electron chi connectivity index (χ2n) is 6.40. The molecule has 0 N–H and O–H groups in total. The van der Waals surface area contributed by atoms with Gasteiger partial charge in [0, 0.05) is 6.42 Å². The van der Waals surface area contributed by atoms with Gasteiger partial charge in [-0.1, -0.05) is 44.2 Å². The van der Waals surface area contributed by atoms with Crippen LogP contribution in [0.2, 0.25) is 0 Å².